The van der Waals surface area contributed by atoms with Crippen molar-refractivity contribution >= 4 is 27.9 Å². The summed E-state index contributed by atoms with van der Waals surface area (Å²) < 4.78 is 5.04. The van der Waals surface area contributed by atoms with E-state index >= 15 is 0 Å². The van der Waals surface area contributed by atoms with Gasteiger partial charge in [0.15, 0.2) is 0 Å². The molecule has 0 unspecified atom stereocenters. The second-order valence-electron chi connectivity index (χ2n) is 6.00. The van der Waals surface area contributed by atoms with Gasteiger partial charge in [-0.15, -0.1) is 0 Å². The lowest BCUT2D eigenvalue weighted by atomic mass is 9.98. The third-order valence-corrected chi connectivity index (χ3v) is 4.36. The maximum Gasteiger partial charge on any atom is 0.306 e. The molecule has 0 aliphatic carbocycles. The quantitative estimate of drug-likeness (QED) is 0.737. The molecule has 0 fully saturated rings. The SMILES string of the molecule is CCOC(=O)CCc1c(C)nc2[nH]c3ccc(C)cc3c2c1C. The van der Waals surface area contributed by atoms with E-state index in [4.69, 9.17) is 9.72 Å². The molecule has 3 aromatic rings. The minimum absolute atomic E-state index is 0.152. The van der Waals surface area contributed by atoms with Crippen molar-refractivity contribution in [3.63, 3.8) is 0 Å². The van der Waals surface area contributed by atoms with Gasteiger partial charge in [-0.05, 0) is 57.4 Å². The Morgan fingerprint density at radius 3 is 2.78 bits per heavy atom. The molecule has 1 aromatic carbocycles. The van der Waals surface area contributed by atoms with Gasteiger partial charge in [0.25, 0.3) is 0 Å². The maximum atomic E-state index is 11.7. The van der Waals surface area contributed by atoms with E-state index in [2.05, 4.69) is 37.0 Å². The summed E-state index contributed by atoms with van der Waals surface area (Å²) in [5.41, 5.74) is 6.57. The third-order valence-electron chi connectivity index (χ3n) is 4.36. The lowest BCUT2D eigenvalue weighted by molar-refractivity contribution is -0.143. The highest BCUT2D eigenvalue weighted by Crippen LogP contribution is 2.31. The van der Waals surface area contributed by atoms with Crippen LogP contribution in [0.2, 0.25) is 0 Å². The first-order valence-electron chi connectivity index (χ1n) is 8.05. The average Bonchev–Trinajstić information content (AvgIpc) is 2.84. The van der Waals surface area contributed by atoms with Crippen LogP contribution in [-0.2, 0) is 16.0 Å². The number of aryl methyl sites for hydroxylation is 3. The zero-order chi connectivity index (χ0) is 16.6. The molecular weight excluding hydrogens is 288 g/mol. The Morgan fingerprint density at radius 1 is 1.26 bits per heavy atom. The van der Waals surface area contributed by atoms with Crippen molar-refractivity contribution < 1.29 is 9.53 Å². The number of rotatable bonds is 4. The van der Waals surface area contributed by atoms with E-state index in [-0.39, 0.29) is 5.97 Å². The molecule has 0 amide bonds. The number of aromatic nitrogens is 2. The lowest BCUT2D eigenvalue weighted by Gasteiger charge is -2.10. The van der Waals surface area contributed by atoms with Gasteiger partial charge in [0.2, 0.25) is 0 Å². The first-order chi connectivity index (χ1) is 11.0. The number of nitrogens with one attached hydrogen (secondary N) is 1. The minimum Gasteiger partial charge on any atom is -0.466 e. The number of hydrogen-bond acceptors (Lipinski definition) is 3. The number of carbonyl (C=O) groups is 1. The number of esters is 1. The van der Waals surface area contributed by atoms with Gasteiger partial charge in [-0.1, -0.05) is 11.6 Å². The highest BCUT2D eigenvalue weighted by Gasteiger charge is 2.15. The second kappa shape index (κ2) is 6.03. The van der Waals surface area contributed by atoms with Crippen molar-refractivity contribution in [2.75, 3.05) is 6.61 Å². The van der Waals surface area contributed by atoms with Crippen molar-refractivity contribution in [2.45, 2.75) is 40.5 Å². The van der Waals surface area contributed by atoms with Gasteiger partial charge in [-0.25, -0.2) is 4.98 Å². The Bertz CT molecular complexity index is 893. The smallest absolute Gasteiger partial charge is 0.306 e. The van der Waals surface area contributed by atoms with Crippen LogP contribution in [0, 0.1) is 20.8 Å². The lowest BCUT2D eigenvalue weighted by Crippen LogP contribution is -2.07. The van der Waals surface area contributed by atoms with Gasteiger partial charge in [-0.3, -0.25) is 4.79 Å². The van der Waals surface area contributed by atoms with Crippen LogP contribution in [0.1, 0.15) is 35.7 Å². The summed E-state index contributed by atoms with van der Waals surface area (Å²) in [6, 6.07) is 6.38. The highest BCUT2D eigenvalue weighted by molar-refractivity contribution is 6.08. The third kappa shape index (κ3) is 2.81. The molecule has 0 saturated heterocycles. The van der Waals surface area contributed by atoms with Crippen molar-refractivity contribution in [2.24, 2.45) is 0 Å². The van der Waals surface area contributed by atoms with E-state index in [1.807, 2.05) is 13.8 Å². The first-order valence-corrected chi connectivity index (χ1v) is 8.05. The van der Waals surface area contributed by atoms with Crippen LogP contribution in [0.3, 0.4) is 0 Å². The average molecular weight is 310 g/mol. The molecule has 0 aliphatic rings. The summed E-state index contributed by atoms with van der Waals surface area (Å²) >= 11 is 0. The molecule has 2 heterocycles. The van der Waals surface area contributed by atoms with Gasteiger partial charge in [0.1, 0.15) is 5.65 Å². The van der Waals surface area contributed by atoms with Crippen LogP contribution < -0.4 is 0 Å². The number of nitrogens with zero attached hydrogens (tertiary/aromatic N) is 1. The number of fused-ring (bicyclic) bond motifs is 3. The van der Waals surface area contributed by atoms with Crippen LogP contribution in [0.5, 0.6) is 0 Å². The molecule has 4 heteroatoms. The van der Waals surface area contributed by atoms with E-state index in [9.17, 15) is 4.79 Å². The van der Waals surface area contributed by atoms with Crippen molar-refractivity contribution in [1.29, 1.82) is 0 Å². The van der Waals surface area contributed by atoms with Gasteiger partial charge < -0.3 is 9.72 Å². The number of H-pyrrole nitrogens is 1. The number of pyridine rings is 1. The summed E-state index contributed by atoms with van der Waals surface area (Å²) in [6.07, 6.45) is 1.06. The molecule has 0 saturated carbocycles. The van der Waals surface area contributed by atoms with E-state index in [0.29, 0.717) is 19.4 Å². The molecule has 0 spiro atoms. The fourth-order valence-corrected chi connectivity index (χ4v) is 3.24. The highest BCUT2D eigenvalue weighted by atomic mass is 16.5. The van der Waals surface area contributed by atoms with Crippen molar-refractivity contribution in [3.05, 3.63) is 40.6 Å². The molecule has 4 nitrogen and oxygen atoms in total. The predicted molar refractivity (Wildman–Crippen MR) is 92.8 cm³/mol. The fraction of sp³-hybridized carbons (Fsp3) is 0.368. The Kier molecular flexibility index (Phi) is 4.07. The van der Waals surface area contributed by atoms with E-state index in [1.54, 1.807) is 0 Å². The fourth-order valence-electron chi connectivity index (χ4n) is 3.24. The second-order valence-corrected chi connectivity index (χ2v) is 6.00. The molecule has 120 valence electrons. The molecule has 0 atom stereocenters. The Labute approximate surface area is 135 Å². The number of carbonyl (C=O) groups excluding carboxylic acids is 1. The molecule has 3 rings (SSSR count). The largest absolute Gasteiger partial charge is 0.466 e. The van der Waals surface area contributed by atoms with Crippen molar-refractivity contribution in [1.82, 2.24) is 9.97 Å². The van der Waals surface area contributed by atoms with Gasteiger partial charge in [0, 0.05) is 28.4 Å². The molecule has 0 bridgehead atoms. The number of ether oxygens (including phenoxy) is 1. The number of benzene rings is 1. The standard InChI is InChI=1S/C19H22N2O2/c1-5-23-17(22)9-7-14-12(3)18-15-10-11(2)6-8-16(15)21-19(18)20-13(14)4/h6,8,10H,5,7,9H2,1-4H3,(H,20,21). The molecule has 0 radical (unpaired) electrons. The van der Waals surface area contributed by atoms with Gasteiger partial charge in [0.05, 0.1) is 6.61 Å². The van der Waals surface area contributed by atoms with Gasteiger partial charge in [-0.2, -0.15) is 0 Å². The molecule has 0 aliphatic heterocycles. The summed E-state index contributed by atoms with van der Waals surface area (Å²) in [5, 5.41) is 2.36. The first kappa shape index (κ1) is 15.5. The Hall–Kier alpha value is -2.36. The Morgan fingerprint density at radius 2 is 2.04 bits per heavy atom. The monoisotopic (exact) mass is 310 g/mol. The van der Waals surface area contributed by atoms with Crippen LogP contribution in [-0.4, -0.2) is 22.5 Å². The number of aromatic amines is 1. The topological polar surface area (TPSA) is 55.0 Å². The summed E-state index contributed by atoms with van der Waals surface area (Å²) in [7, 11) is 0. The van der Waals surface area contributed by atoms with E-state index in [1.165, 1.54) is 16.5 Å². The zero-order valence-corrected chi connectivity index (χ0v) is 14.1. The predicted octanol–water partition coefficient (Wildman–Crippen LogP) is 4.14. The van der Waals surface area contributed by atoms with Crippen LogP contribution >= 0.6 is 0 Å². The molecule has 2 aromatic heterocycles. The summed E-state index contributed by atoms with van der Waals surface area (Å²) in [4.78, 5) is 19.8. The van der Waals surface area contributed by atoms with Crippen LogP contribution in [0.15, 0.2) is 18.2 Å². The number of hydrogen-bond donors (Lipinski definition) is 1. The maximum absolute atomic E-state index is 11.7. The molecule has 23 heavy (non-hydrogen) atoms. The Balaban J connectivity index is 2.10. The molecular formula is C19H22N2O2. The van der Waals surface area contributed by atoms with Crippen LogP contribution in [0.25, 0.3) is 21.9 Å². The molecule has 1 N–H and O–H groups in total. The van der Waals surface area contributed by atoms with E-state index in [0.717, 1.165) is 27.8 Å². The van der Waals surface area contributed by atoms with Gasteiger partial charge >= 0.3 is 5.97 Å². The minimum atomic E-state index is -0.152. The summed E-state index contributed by atoms with van der Waals surface area (Å²) in [6.45, 7) is 8.47. The normalized spacial score (nSPS) is 11.3. The van der Waals surface area contributed by atoms with Crippen LogP contribution in [0.4, 0.5) is 0 Å². The van der Waals surface area contributed by atoms with Crippen molar-refractivity contribution in [3.8, 4) is 0 Å². The summed E-state index contributed by atoms with van der Waals surface area (Å²) in [5.74, 6) is -0.152. The zero-order valence-electron chi connectivity index (χ0n) is 14.1. The van der Waals surface area contributed by atoms with E-state index < -0.39 is 0 Å².